The Morgan fingerprint density at radius 1 is 1.00 bits per heavy atom. The fraction of sp³-hybridized carbons (Fsp3) is 0.167. The van der Waals surface area contributed by atoms with Crippen molar-refractivity contribution in [3.63, 3.8) is 0 Å². The van der Waals surface area contributed by atoms with Crippen molar-refractivity contribution in [1.82, 2.24) is 5.32 Å². The maximum absolute atomic E-state index is 12.2. The number of fused-ring (bicyclic) bond motifs is 3. The second-order valence-corrected chi connectivity index (χ2v) is 5.11. The molecular formula is C18H16NO2. The smallest absolute Gasteiger partial charge is 0.251 e. The van der Waals surface area contributed by atoms with Crippen molar-refractivity contribution < 1.29 is 9.90 Å². The maximum atomic E-state index is 12.2. The lowest BCUT2D eigenvalue weighted by Gasteiger charge is -2.08. The number of benzene rings is 3. The van der Waals surface area contributed by atoms with Crippen LogP contribution < -0.4 is 5.32 Å². The van der Waals surface area contributed by atoms with E-state index in [0.717, 1.165) is 22.6 Å². The molecule has 3 heteroatoms. The van der Waals surface area contributed by atoms with E-state index in [1.165, 1.54) is 6.07 Å². The van der Waals surface area contributed by atoms with Crippen molar-refractivity contribution >= 4 is 27.5 Å². The molecule has 1 amide bonds. The molecule has 1 N–H and O–H groups in total. The van der Waals surface area contributed by atoms with E-state index in [2.05, 4.69) is 5.32 Å². The molecule has 0 aliphatic heterocycles. The van der Waals surface area contributed by atoms with Gasteiger partial charge in [-0.2, -0.15) is 0 Å². The predicted octanol–water partition coefficient (Wildman–Crippen LogP) is 4.28. The Balaban J connectivity index is 2.21. The Bertz CT molecular complexity index is 824. The third-order valence-electron chi connectivity index (χ3n) is 3.62. The van der Waals surface area contributed by atoms with Gasteiger partial charge in [-0.25, -0.2) is 0 Å². The van der Waals surface area contributed by atoms with Crippen LogP contribution in [0.15, 0.2) is 48.5 Å². The lowest BCUT2D eigenvalue weighted by atomic mass is 9.99. The molecular weight excluding hydrogens is 262 g/mol. The van der Waals surface area contributed by atoms with Crippen LogP contribution in [0.5, 0.6) is 5.75 Å². The van der Waals surface area contributed by atoms with Gasteiger partial charge in [-0.15, -0.1) is 0 Å². The van der Waals surface area contributed by atoms with Crippen LogP contribution in [0.4, 0.5) is 0 Å². The van der Waals surface area contributed by atoms with Crippen LogP contribution in [0.3, 0.4) is 0 Å². The number of hydrogen-bond donors (Lipinski definition) is 1. The zero-order chi connectivity index (χ0) is 14.8. The molecule has 0 saturated heterocycles. The molecule has 0 aliphatic carbocycles. The summed E-state index contributed by atoms with van der Waals surface area (Å²) in [6.45, 7) is 2.60. The first-order valence-electron chi connectivity index (χ1n) is 7.11. The van der Waals surface area contributed by atoms with Crippen molar-refractivity contribution in [1.29, 1.82) is 0 Å². The van der Waals surface area contributed by atoms with E-state index in [1.54, 1.807) is 0 Å². The number of carbonyl (C=O) groups is 1. The van der Waals surface area contributed by atoms with Gasteiger partial charge in [-0.05, 0) is 40.8 Å². The van der Waals surface area contributed by atoms with Gasteiger partial charge in [0.05, 0.1) is 0 Å². The number of nitrogens with one attached hydrogen (secondary N) is 1. The van der Waals surface area contributed by atoms with Gasteiger partial charge in [0.15, 0.2) is 5.75 Å². The van der Waals surface area contributed by atoms with Gasteiger partial charge in [-0.3, -0.25) is 9.90 Å². The minimum atomic E-state index is -0.191. The summed E-state index contributed by atoms with van der Waals surface area (Å²) < 4.78 is 0. The topological polar surface area (TPSA) is 49.0 Å². The van der Waals surface area contributed by atoms with Crippen LogP contribution in [0, 0.1) is 0 Å². The lowest BCUT2D eigenvalue weighted by Crippen LogP contribution is -2.23. The molecule has 0 aromatic heterocycles. The number of amides is 1. The van der Waals surface area contributed by atoms with Crippen LogP contribution in [0.2, 0.25) is 0 Å². The van der Waals surface area contributed by atoms with E-state index in [4.69, 9.17) is 0 Å². The highest BCUT2D eigenvalue weighted by Crippen LogP contribution is 2.32. The highest BCUT2D eigenvalue weighted by atomic mass is 16.3. The molecule has 3 nitrogen and oxygen atoms in total. The predicted molar refractivity (Wildman–Crippen MR) is 84.2 cm³/mol. The minimum absolute atomic E-state index is 0.111. The molecule has 1 radical (unpaired) electrons. The molecule has 0 fully saturated rings. The standard InChI is InChI=1S/C18H16NO2/c1-2-9-19-18(21)13-10-16-14-6-4-3-5-12(14)7-8-15(16)17(20)11-13/h3-8,10-11H,2,9H2,1H3,(H,19,21). The van der Waals surface area contributed by atoms with Gasteiger partial charge in [0.2, 0.25) is 0 Å². The monoisotopic (exact) mass is 278 g/mol. The van der Waals surface area contributed by atoms with Gasteiger partial charge < -0.3 is 5.32 Å². The Hall–Kier alpha value is -2.55. The van der Waals surface area contributed by atoms with Crippen molar-refractivity contribution in [2.45, 2.75) is 13.3 Å². The minimum Gasteiger partial charge on any atom is -0.352 e. The number of rotatable bonds is 3. The fourth-order valence-electron chi connectivity index (χ4n) is 2.55. The summed E-state index contributed by atoms with van der Waals surface area (Å²) in [5, 5.41) is 18.6. The molecule has 3 aromatic carbocycles. The van der Waals surface area contributed by atoms with E-state index in [0.29, 0.717) is 17.5 Å². The Morgan fingerprint density at radius 2 is 1.81 bits per heavy atom. The normalized spacial score (nSPS) is 10.9. The Kier molecular flexibility index (Phi) is 3.48. The van der Waals surface area contributed by atoms with Crippen molar-refractivity contribution in [2.24, 2.45) is 0 Å². The van der Waals surface area contributed by atoms with Gasteiger partial charge in [0, 0.05) is 17.5 Å². The van der Waals surface area contributed by atoms with Crippen LogP contribution in [0.25, 0.3) is 21.5 Å². The molecule has 0 unspecified atom stereocenters. The average Bonchev–Trinajstić information content (AvgIpc) is 2.52. The van der Waals surface area contributed by atoms with Crippen molar-refractivity contribution in [2.75, 3.05) is 6.54 Å². The third-order valence-corrected chi connectivity index (χ3v) is 3.62. The summed E-state index contributed by atoms with van der Waals surface area (Å²) >= 11 is 0. The Labute approximate surface area is 123 Å². The molecule has 21 heavy (non-hydrogen) atoms. The fourth-order valence-corrected chi connectivity index (χ4v) is 2.55. The molecule has 3 aromatic rings. The summed E-state index contributed by atoms with van der Waals surface area (Å²) in [6, 6.07) is 14.9. The van der Waals surface area contributed by atoms with Crippen molar-refractivity contribution in [3.8, 4) is 5.75 Å². The van der Waals surface area contributed by atoms with Gasteiger partial charge in [0.1, 0.15) is 0 Å². The summed E-state index contributed by atoms with van der Waals surface area (Å²) in [5.41, 5.74) is 0.428. The first-order chi connectivity index (χ1) is 10.2. The van der Waals surface area contributed by atoms with E-state index in [-0.39, 0.29) is 11.7 Å². The molecule has 0 spiro atoms. The third kappa shape index (κ3) is 2.42. The summed E-state index contributed by atoms with van der Waals surface area (Å²) in [4.78, 5) is 12.1. The van der Waals surface area contributed by atoms with Crippen LogP contribution in [-0.4, -0.2) is 12.5 Å². The van der Waals surface area contributed by atoms with Gasteiger partial charge >= 0.3 is 0 Å². The molecule has 105 valence electrons. The number of hydrogen-bond acceptors (Lipinski definition) is 1. The largest absolute Gasteiger partial charge is 0.352 e. The zero-order valence-electron chi connectivity index (χ0n) is 11.8. The second kappa shape index (κ2) is 5.44. The summed E-state index contributed by atoms with van der Waals surface area (Å²) in [5.74, 6) is -0.302. The maximum Gasteiger partial charge on any atom is 0.251 e. The van der Waals surface area contributed by atoms with Crippen molar-refractivity contribution in [3.05, 3.63) is 54.1 Å². The summed E-state index contributed by atoms with van der Waals surface area (Å²) in [6.07, 6.45) is 0.868. The molecule has 0 bridgehead atoms. The SMILES string of the molecule is CCCNC(=O)c1cc([O])c2ccc3ccccc3c2c1. The summed E-state index contributed by atoms with van der Waals surface area (Å²) in [7, 11) is 0. The zero-order valence-corrected chi connectivity index (χ0v) is 11.8. The average molecular weight is 278 g/mol. The quantitative estimate of drug-likeness (QED) is 0.714. The van der Waals surface area contributed by atoms with Crippen LogP contribution in [0.1, 0.15) is 23.7 Å². The highest BCUT2D eigenvalue weighted by molar-refractivity contribution is 6.12. The number of carbonyl (C=O) groups excluding carboxylic acids is 1. The first-order valence-corrected chi connectivity index (χ1v) is 7.11. The first kappa shape index (κ1) is 13.4. The lowest BCUT2D eigenvalue weighted by molar-refractivity contribution is 0.0953. The van der Waals surface area contributed by atoms with E-state index in [1.807, 2.05) is 49.4 Å². The van der Waals surface area contributed by atoms with E-state index >= 15 is 0 Å². The Morgan fingerprint density at radius 3 is 2.62 bits per heavy atom. The molecule has 0 saturated carbocycles. The molecule has 0 atom stereocenters. The van der Waals surface area contributed by atoms with Gasteiger partial charge in [-0.1, -0.05) is 37.3 Å². The molecule has 0 heterocycles. The van der Waals surface area contributed by atoms with Gasteiger partial charge in [0.25, 0.3) is 5.91 Å². The van der Waals surface area contributed by atoms with E-state index in [9.17, 15) is 9.90 Å². The van der Waals surface area contributed by atoms with Crippen LogP contribution >= 0.6 is 0 Å². The molecule has 0 aliphatic rings. The van der Waals surface area contributed by atoms with Crippen LogP contribution in [-0.2, 0) is 5.11 Å². The highest BCUT2D eigenvalue weighted by Gasteiger charge is 2.12. The second-order valence-electron chi connectivity index (χ2n) is 5.11. The molecule has 3 rings (SSSR count). The van der Waals surface area contributed by atoms with E-state index < -0.39 is 0 Å².